The third-order valence-corrected chi connectivity index (χ3v) is 3.69. The zero-order chi connectivity index (χ0) is 17.5. The lowest BCUT2D eigenvalue weighted by molar-refractivity contribution is -0.385. The molecule has 2 rings (SSSR count). The molecule has 24 heavy (non-hydrogen) atoms. The molecule has 0 saturated carbocycles. The van der Waals surface area contributed by atoms with E-state index in [4.69, 9.17) is 9.47 Å². The quantitative estimate of drug-likeness (QED) is 0.456. The second-order valence-corrected chi connectivity index (χ2v) is 5.04. The number of nitro benzene ring substituents is 1. The van der Waals surface area contributed by atoms with Crippen LogP contribution in [0, 0.1) is 10.1 Å². The van der Waals surface area contributed by atoms with Gasteiger partial charge >= 0.3 is 0 Å². The molecule has 0 aliphatic heterocycles. The molecule has 1 atom stereocenters. The van der Waals surface area contributed by atoms with E-state index in [-0.39, 0.29) is 12.1 Å². The van der Waals surface area contributed by atoms with Gasteiger partial charge in [0.1, 0.15) is 0 Å². The van der Waals surface area contributed by atoms with Gasteiger partial charge in [-0.2, -0.15) is 0 Å². The third-order valence-electron chi connectivity index (χ3n) is 3.69. The minimum absolute atomic E-state index is 0.0238. The first-order valence-corrected chi connectivity index (χ1v) is 7.24. The van der Waals surface area contributed by atoms with Crippen molar-refractivity contribution in [3.05, 3.63) is 63.7 Å². The smallest absolute Gasteiger partial charge is 0.272 e. The molecule has 7 heteroatoms. The summed E-state index contributed by atoms with van der Waals surface area (Å²) in [5.41, 5.74) is 1.32. The van der Waals surface area contributed by atoms with E-state index in [1.807, 2.05) is 0 Å². The van der Waals surface area contributed by atoms with Gasteiger partial charge in [0.25, 0.3) is 5.69 Å². The summed E-state index contributed by atoms with van der Waals surface area (Å²) >= 11 is 0. The van der Waals surface area contributed by atoms with Crippen LogP contribution in [-0.4, -0.2) is 25.6 Å². The lowest BCUT2D eigenvalue weighted by Crippen LogP contribution is -2.22. The van der Waals surface area contributed by atoms with Crippen LogP contribution in [-0.2, 0) is 11.2 Å². The molecular weight excluding hydrogens is 312 g/mol. The number of amides is 1. The first kappa shape index (κ1) is 17.3. The van der Waals surface area contributed by atoms with Crippen LogP contribution in [0.15, 0.2) is 42.5 Å². The minimum atomic E-state index is -0.429. The number of benzene rings is 2. The van der Waals surface area contributed by atoms with Crippen LogP contribution >= 0.6 is 0 Å². The predicted molar refractivity (Wildman–Crippen MR) is 88.3 cm³/mol. The van der Waals surface area contributed by atoms with Crippen LogP contribution < -0.4 is 14.8 Å². The summed E-state index contributed by atoms with van der Waals surface area (Å²) in [6.45, 7) is 0. The van der Waals surface area contributed by atoms with E-state index in [2.05, 4.69) is 5.32 Å². The highest BCUT2D eigenvalue weighted by molar-refractivity contribution is 5.51. The molecule has 0 heterocycles. The normalized spacial score (nSPS) is 11.4. The highest BCUT2D eigenvalue weighted by Crippen LogP contribution is 2.32. The van der Waals surface area contributed by atoms with E-state index in [1.54, 1.807) is 36.4 Å². The Labute approximate surface area is 139 Å². The van der Waals surface area contributed by atoms with Gasteiger partial charge in [-0.1, -0.05) is 24.3 Å². The first-order chi connectivity index (χ1) is 11.6. The van der Waals surface area contributed by atoms with Crippen molar-refractivity contribution in [2.45, 2.75) is 12.5 Å². The Morgan fingerprint density at radius 1 is 1.17 bits per heavy atom. The summed E-state index contributed by atoms with van der Waals surface area (Å²) in [4.78, 5) is 21.7. The highest BCUT2D eigenvalue weighted by Gasteiger charge is 2.19. The van der Waals surface area contributed by atoms with E-state index >= 15 is 0 Å². The number of rotatable bonds is 8. The zero-order valence-corrected chi connectivity index (χ0v) is 13.4. The lowest BCUT2D eigenvalue weighted by Gasteiger charge is -2.18. The van der Waals surface area contributed by atoms with E-state index in [1.165, 1.54) is 20.3 Å². The lowest BCUT2D eigenvalue weighted by atomic mass is 9.97. The molecule has 0 aromatic heterocycles. The molecule has 0 radical (unpaired) electrons. The number of hydrogen-bond donors (Lipinski definition) is 1. The van der Waals surface area contributed by atoms with Crippen molar-refractivity contribution in [3.8, 4) is 11.5 Å². The van der Waals surface area contributed by atoms with Crippen LogP contribution in [0.5, 0.6) is 11.5 Å². The molecule has 0 spiro atoms. The Kier molecular flexibility index (Phi) is 5.73. The van der Waals surface area contributed by atoms with Crippen molar-refractivity contribution in [1.82, 2.24) is 5.32 Å². The zero-order valence-electron chi connectivity index (χ0n) is 13.4. The van der Waals surface area contributed by atoms with Gasteiger partial charge in [0.2, 0.25) is 6.41 Å². The molecule has 0 aliphatic rings. The number of nitrogens with zero attached hydrogens (tertiary/aromatic N) is 1. The molecule has 2 aromatic carbocycles. The molecule has 0 bridgehead atoms. The number of methoxy groups -OCH3 is 2. The van der Waals surface area contributed by atoms with Crippen molar-refractivity contribution in [3.63, 3.8) is 0 Å². The summed E-state index contributed by atoms with van der Waals surface area (Å²) in [5.74, 6) is 1.09. The third kappa shape index (κ3) is 3.81. The molecule has 1 N–H and O–H groups in total. The average Bonchev–Trinajstić information content (AvgIpc) is 2.61. The summed E-state index contributed by atoms with van der Waals surface area (Å²) in [5, 5.41) is 13.9. The van der Waals surface area contributed by atoms with Gasteiger partial charge in [-0.3, -0.25) is 14.9 Å². The van der Waals surface area contributed by atoms with E-state index in [0.717, 1.165) is 5.56 Å². The highest BCUT2D eigenvalue weighted by atomic mass is 16.6. The monoisotopic (exact) mass is 330 g/mol. The Morgan fingerprint density at radius 2 is 1.88 bits per heavy atom. The van der Waals surface area contributed by atoms with Gasteiger partial charge in [-0.25, -0.2) is 0 Å². The fraction of sp³-hybridized carbons (Fsp3) is 0.235. The van der Waals surface area contributed by atoms with Gasteiger partial charge < -0.3 is 14.8 Å². The molecule has 7 nitrogen and oxygen atoms in total. The molecule has 126 valence electrons. The maximum absolute atomic E-state index is 11.2. The maximum Gasteiger partial charge on any atom is 0.272 e. The molecular formula is C17H18N2O5. The summed E-state index contributed by atoms with van der Waals surface area (Å²) in [6.07, 6.45) is 0.863. The first-order valence-electron chi connectivity index (χ1n) is 7.24. The maximum atomic E-state index is 11.2. The van der Waals surface area contributed by atoms with E-state index < -0.39 is 11.0 Å². The van der Waals surface area contributed by atoms with Crippen molar-refractivity contribution in [2.75, 3.05) is 14.2 Å². The number of para-hydroxylation sites is 1. The number of hydrogen-bond acceptors (Lipinski definition) is 5. The number of nitro groups is 1. The summed E-state index contributed by atoms with van der Waals surface area (Å²) in [6, 6.07) is 11.3. The Morgan fingerprint density at radius 3 is 2.50 bits per heavy atom. The van der Waals surface area contributed by atoms with E-state index in [0.29, 0.717) is 23.5 Å². The standard InChI is InChI=1S/C17H18N2O5/c1-23-16-8-7-12(10-17(16)24-2)14(18-11-20)9-13-5-3-4-6-15(13)19(21)22/h3-8,10-11,14H,9H2,1-2H3,(H,18,20). The second-order valence-electron chi connectivity index (χ2n) is 5.04. The Hall–Kier alpha value is -3.09. The van der Waals surface area contributed by atoms with E-state index in [9.17, 15) is 14.9 Å². The number of carbonyl (C=O) groups is 1. The fourth-order valence-corrected chi connectivity index (χ4v) is 2.51. The van der Waals surface area contributed by atoms with Crippen LogP contribution in [0.2, 0.25) is 0 Å². The van der Waals surface area contributed by atoms with Crippen LogP contribution in [0.1, 0.15) is 17.2 Å². The Balaban J connectivity index is 2.37. The summed E-state index contributed by atoms with van der Waals surface area (Å²) in [7, 11) is 3.05. The molecule has 2 aromatic rings. The van der Waals surface area contributed by atoms with Crippen molar-refractivity contribution < 1.29 is 19.2 Å². The van der Waals surface area contributed by atoms with Gasteiger partial charge in [0, 0.05) is 18.1 Å². The second kappa shape index (κ2) is 7.96. The Bertz CT molecular complexity index is 733. The largest absolute Gasteiger partial charge is 0.493 e. The molecule has 0 fully saturated rings. The van der Waals surface area contributed by atoms with Crippen LogP contribution in [0.3, 0.4) is 0 Å². The summed E-state index contributed by atoms with van der Waals surface area (Å²) < 4.78 is 10.5. The minimum Gasteiger partial charge on any atom is -0.493 e. The van der Waals surface area contributed by atoms with Crippen molar-refractivity contribution in [2.24, 2.45) is 0 Å². The molecule has 0 aliphatic carbocycles. The number of nitrogens with one attached hydrogen (secondary N) is 1. The number of carbonyl (C=O) groups excluding carboxylic acids is 1. The molecule has 1 amide bonds. The average molecular weight is 330 g/mol. The van der Waals surface area contributed by atoms with Gasteiger partial charge in [0.05, 0.1) is 25.2 Å². The topological polar surface area (TPSA) is 90.7 Å². The molecule has 0 saturated heterocycles. The van der Waals surface area contributed by atoms with Crippen molar-refractivity contribution in [1.29, 1.82) is 0 Å². The van der Waals surface area contributed by atoms with Gasteiger partial charge in [-0.15, -0.1) is 0 Å². The molecule has 1 unspecified atom stereocenters. The van der Waals surface area contributed by atoms with Crippen LogP contribution in [0.25, 0.3) is 0 Å². The van der Waals surface area contributed by atoms with Gasteiger partial charge in [-0.05, 0) is 17.7 Å². The SMILES string of the molecule is COc1ccc(C(Cc2ccccc2[N+](=O)[O-])NC=O)cc1OC. The number of ether oxygens (including phenoxy) is 2. The van der Waals surface area contributed by atoms with Crippen LogP contribution in [0.4, 0.5) is 5.69 Å². The predicted octanol–water partition coefficient (Wildman–Crippen LogP) is 2.64. The van der Waals surface area contributed by atoms with Crippen molar-refractivity contribution >= 4 is 12.1 Å². The van der Waals surface area contributed by atoms with Gasteiger partial charge in [0.15, 0.2) is 11.5 Å². The fourth-order valence-electron chi connectivity index (χ4n) is 2.51.